The molecular formula is C15H27N3O2S. The Morgan fingerprint density at radius 3 is 2.62 bits per heavy atom. The minimum atomic E-state index is -1.18. The van der Waals surface area contributed by atoms with Gasteiger partial charge in [-0.3, -0.25) is 9.00 Å². The third kappa shape index (κ3) is 4.95. The highest BCUT2D eigenvalue weighted by Gasteiger charge is 2.28. The van der Waals surface area contributed by atoms with Crippen LogP contribution in [0.1, 0.15) is 39.5 Å². The monoisotopic (exact) mass is 313 g/mol. The van der Waals surface area contributed by atoms with Crippen LogP contribution in [-0.2, 0) is 22.6 Å². The summed E-state index contributed by atoms with van der Waals surface area (Å²) >= 11 is 0. The summed E-state index contributed by atoms with van der Waals surface area (Å²) in [6, 6.07) is 0. The molecule has 0 bridgehead atoms. The molecule has 21 heavy (non-hydrogen) atoms. The summed E-state index contributed by atoms with van der Waals surface area (Å²) in [5.41, 5.74) is 0. The van der Waals surface area contributed by atoms with E-state index in [1.807, 2.05) is 14.0 Å². The zero-order valence-corrected chi connectivity index (χ0v) is 14.5. The van der Waals surface area contributed by atoms with E-state index in [-0.39, 0.29) is 17.1 Å². The number of imidazole rings is 1. The van der Waals surface area contributed by atoms with Gasteiger partial charge in [0.2, 0.25) is 5.91 Å². The van der Waals surface area contributed by atoms with E-state index in [0.29, 0.717) is 11.6 Å². The highest BCUT2D eigenvalue weighted by atomic mass is 32.2. The molecule has 0 aromatic carbocycles. The van der Waals surface area contributed by atoms with E-state index in [4.69, 9.17) is 0 Å². The number of amides is 1. The Morgan fingerprint density at radius 2 is 2.14 bits per heavy atom. The number of aromatic nitrogens is 2. The van der Waals surface area contributed by atoms with Crippen LogP contribution in [0.5, 0.6) is 0 Å². The lowest BCUT2D eigenvalue weighted by atomic mass is 9.98. The van der Waals surface area contributed by atoms with Crippen LogP contribution in [0, 0.1) is 5.92 Å². The van der Waals surface area contributed by atoms with Crippen LogP contribution in [0.3, 0.4) is 0 Å². The van der Waals surface area contributed by atoms with Crippen LogP contribution in [0.15, 0.2) is 17.6 Å². The molecule has 0 saturated heterocycles. The van der Waals surface area contributed by atoms with Crippen molar-refractivity contribution in [2.24, 2.45) is 13.0 Å². The summed E-state index contributed by atoms with van der Waals surface area (Å²) in [5.74, 6) is 0.157. The van der Waals surface area contributed by atoms with Crippen molar-refractivity contribution in [3.63, 3.8) is 0 Å². The van der Waals surface area contributed by atoms with Crippen LogP contribution in [0.4, 0.5) is 0 Å². The second kappa shape index (κ2) is 8.32. The number of aryl methyl sites for hydroxylation is 1. The lowest BCUT2D eigenvalue weighted by molar-refractivity contribution is -0.129. The number of carbonyl (C=O) groups is 1. The van der Waals surface area contributed by atoms with Gasteiger partial charge in [0.05, 0.1) is 10.8 Å². The smallest absolute Gasteiger partial charge is 0.222 e. The van der Waals surface area contributed by atoms with E-state index in [0.717, 1.165) is 19.3 Å². The summed E-state index contributed by atoms with van der Waals surface area (Å²) in [6.07, 6.45) is 6.83. The Kier molecular flexibility index (Phi) is 7.08. The minimum Gasteiger partial charge on any atom is -0.349 e. The fourth-order valence-corrected chi connectivity index (χ4v) is 3.96. The lowest BCUT2D eigenvalue weighted by Gasteiger charge is -2.24. The second-order valence-electron chi connectivity index (χ2n) is 5.77. The first-order valence-electron chi connectivity index (χ1n) is 7.46. The van der Waals surface area contributed by atoms with Crippen LogP contribution < -0.4 is 0 Å². The van der Waals surface area contributed by atoms with Gasteiger partial charge in [-0.1, -0.05) is 26.7 Å². The number of unbranched alkanes of at least 4 members (excludes halogenated alkanes) is 1. The van der Waals surface area contributed by atoms with E-state index in [1.165, 1.54) is 0 Å². The van der Waals surface area contributed by atoms with Crippen molar-refractivity contribution in [3.8, 4) is 0 Å². The average molecular weight is 313 g/mol. The summed E-state index contributed by atoms with van der Waals surface area (Å²) in [5, 5.41) is 0.565. The van der Waals surface area contributed by atoms with Gasteiger partial charge >= 0.3 is 0 Å². The maximum atomic E-state index is 12.8. The van der Waals surface area contributed by atoms with Gasteiger partial charge in [-0.2, -0.15) is 0 Å². The topological polar surface area (TPSA) is 55.2 Å². The predicted molar refractivity (Wildman–Crippen MR) is 85.4 cm³/mol. The van der Waals surface area contributed by atoms with Gasteiger partial charge in [0.1, 0.15) is 0 Å². The molecule has 0 aliphatic heterocycles. The third-order valence-electron chi connectivity index (χ3n) is 3.70. The first-order chi connectivity index (χ1) is 9.88. The first-order valence-corrected chi connectivity index (χ1v) is 8.67. The number of nitrogens with zero attached hydrogens (tertiary/aromatic N) is 3. The molecule has 3 atom stereocenters. The van der Waals surface area contributed by atoms with Gasteiger partial charge in [-0.15, -0.1) is 0 Å². The van der Waals surface area contributed by atoms with E-state index in [9.17, 15) is 9.00 Å². The van der Waals surface area contributed by atoms with Crippen LogP contribution in [0.2, 0.25) is 0 Å². The lowest BCUT2D eigenvalue weighted by Crippen LogP contribution is -2.31. The molecule has 5 nitrogen and oxygen atoms in total. The van der Waals surface area contributed by atoms with Crippen molar-refractivity contribution in [3.05, 3.63) is 12.4 Å². The fraction of sp³-hybridized carbons (Fsp3) is 0.733. The van der Waals surface area contributed by atoms with Gasteiger partial charge < -0.3 is 9.47 Å². The number of hydrogen-bond donors (Lipinski definition) is 0. The molecule has 0 saturated carbocycles. The molecule has 1 rings (SSSR count). The van der Waals surface area contributed by atoms with Gasteiger partial charge in [-0.25, -0.2) is 4.98 Å². The Balaban J connectivity index is 2.86. The molecule has 1 aromatic heterocycles. The quantitative estimate of drug-likeness (QED) is 0.739. The van der Waals surface area contributed by atoms with Crippen LogP contribution >= 0.6 is 0 Å². The zero-order valence-electron chi connectivity index (χ0n) is 13.7. The molecule has 1 amide bonds. The number of carbonyl (C=O) groups excluding carboxylic acids is 1. The van der Waals surface area contributed by atoms with Crippen molar-refractivity contribution in [1.82, 2.24) is 14.5 Å². The highest BCUT2D eigenvalue weighted by molar-refractivity contribution is 7.85. The highest BCUT2D eigenvalue weighted by Crippen LogP contribution is 2.24. The molecule has 0 spiro atoms. The predicted octanol–water partition coefficient (Wildman–Crippen LogP) is 2.20. The summed E-state index contributed by atoms with van der Waals surface area (Å²) in [6.45, 7) is 4.14. The molecule has 0 fully saturated rings. The van der Waals surface area contributed by atoms with Gasteiger partial charge in [0, 0.05) is 45.2 Å². The molecule has 0 N–H and O–H groups in total. The largest absolute Gasteiger partial charge is 0.349 e. The maximum Gasteiger partial charge on any atom is 0.222 e. The summed E-state index contributed by atoms with van der Waals surface area (Å²) in [4.78, 5) is 17.7. The van der Waals surface area contributed by atoms with Gasteiger partial charge in [0.25, 0.3) is 0 Å². The second-order valence-corrected chi connectivity index (χ2v) is 7.33. The Morgan fingerprint density at radius 1 is 1.48 bits per heavy atom. The fourth-order valence-electron chi connectivity index (χ4n) is 2.28. The molecule has 0 aliphatic rings. The summed E-state index contributed by atoms with van der Waals surface area (Å²) < 4.78 is 14.6. The first kappa shape index (κ1) is 17.9. The van der Waals surface area contributed by atoms with E-state index in [2.05, 4.69) is 11.9 Å². The van der Waals surface area contributed by atoms with E-state index >= 15 is 0 Å². The Hall–Kier alpha value is -1.17. The molecule has 1 unspecified atom stereocenters. The summed E-state index contributed by atoms with van der Waals surface area (Å²) in [7, 11) is 4.18. The van der Waals surface area contributed by atoms with Crippen molar-refractivity contribution < 1.29 is 9.00 Å². The molecule has 1 aromatic rings. The number of rotatable bonds is 8. The average Bonchev–Trinajstić information content (AvgIpc) is 2.84. The molecule has 0 aliphatic carbocycles. The SMILES string of the molecule is CCCC[C@H]([C@H](C)CC(=O)N(C)C)S(=O)c1nccn1C. The maximum absolute atomic E-state index is 12.8. The molecule has 120 valence electrons. The van der Waals surface area contributed by atoms with Gasteiger partial charge in [0.15, 0.2) is 5.16 Å². The van der Waals surface area contributed by atoms with Crippen molar-refractivity contribution >= 4 is 16.7 Å². The van der Waals surface area contributed by atoms with E-state index < -0.39 is 10.8 Å². The van der Waals surface area contributed by atoms with Crippen molar-refractivity contribution in [1.29, 1.82) is 0 Å². The number of hydrogen-bond acceptors (Lipinski definition) is 3. The molecule has 1 heterocycles. The van der Waals surface area contributed by atoms with Crippen molar-refractivity contribution in [2.75, 3.05) is 14.1 Å². The standard InChI is InChI=1S/C15H27N3O2S/c1-6-7-8-13(12(2)11-14(19)17(3)4)21(20)15-16-9-10-18(15)5/h9-10,12-13H,6-8,11H2,1-5H3/t12-,13-,21?/m1/s1. The van der Waals surface area contributed by atoms with Crippen molar-refractivity contribution in [2.45, 2.75) is 49.9 Å². The Bertz CT molecular complexity index is 485. The van der Waals surface area contributed by atoms with Gasteiger partial charge in [-0.05, 0) is 12.3 Å². The Labute approximate surface area is 130 Å². The molecule has 0 radical (unpaired) electrons. The minimum absolute atomic E-state index is 0.0325. The third-order valence-corrected chi connectivity index (χ3v) is 5.71. The molecule has 6 heteroatoms. The normalized spacial score (nSPS) is 15.5. The van der Waals surface area contributed by atoms with Crippen LogP contribution in [0.25, 0.3) is 0 Å². The van der Waals surface area contributed by atoms with Crippen LogP contribution in [-0.4, -0.2) is 43.9 Å². The zero-order chi connectivity index (χ0) is 16.0. The molecular weight excluding hydrogens is 286 g/mol. The van der Waals surface area contributed by atoms with E-state index in [1.54, 1.807) is 36.0 Å².